The minimum atomic E-state index is -0.774. The third kappa shape index (κ3) is 4.54. The molecule has 1 aliphatic heterocycles. The van der Waals surface area contributed by atoms with Gasteiger partial charge in [-0.25, -0.2) is 0 Å². The molecule has 5 N–H and O–H groups in total. The number of hydrogen-bond donors (Lipinski definition) is 4. The van der Waals surface area contributed by atoms with E-state index < -0.39 is 12.0 Å². The summed E-state index contributed by atoms with van der Waals surface area (Å²) in [6.07, 6.45) is 4.29. The number of carbonyl (C=O) groups excluding carboxylic acids is 1. The molecule has 156 valence electrons. The van der Waals surface area contributed by atoms with Gasteiger partial charge in [0.05, 0.1) is 11.6 Å². The summed E-state index contributed by atoms with van der Waals surface area (Å²) in [7, 11) is 0. The maximum absolute atomic E-state index is 12.6. The Hall–Kier alpha value is -4.17. The van der Waals surface area contributed by atoms with Gasteiger partial charge >= 0.3 is 0 Å². The van der Waals surface area contributed by atoms with Crippen LogP contribution in [0.4, 0.5) is 5.69 Å². The van der Waals surface area contributed by atoms with Crippen LogP contribution in [0.2, 0.25) is 0 Å². The number of carbonyl (C=O) groups is 1. The van der Waals surface area contributed by atoms with Crippen molar-refractivity contribution in [1.29, 1.82) is 0 Å². The van der Waals surface area contributed by atoms with E-state index in [1.165, 1.54) is 0 Å². The van der Waals surface area contributed by atoms with E-state index in [4.69, 9.17) is 10.6 Å². The molecule has 0 spiro atoms. The highest BCUT2D eigenvalue weighted by molar-refractivity contribution is 5.97. The number of nitrogens with one attached hydrogen (secondary N) is 2. The van der Waals surface area contributed by atoms with Crippen LogP contribution in [0, 0.1) is 0 Å². The summed E-state index contributed by atoms with van der Waals surface area (Å²) < 4.78 is 0. The topological polar surface area (TPSA) is 122 Å². The molecule has 1 amide bonds. The second-order valence-corrected chi connectivity index (χ2v) is 6.94. The molecule has 0 aliphatic carbocycles. The molecule has 31 heavy (non-hydrogen) atoms. The number of nitrogens with two attached hydrogens (primary N) is 1. The molecule has 0 fully saturated rings. The van der Waals surface area contributed by atoms with Gasteiger partial charge in [0.25, 0.3) is 5.91 Å². The van der Waals surface area contributed by atoms with Crippen molar-refractivity contribution < 1.29 is 14.8 Å². The van der Waals surface area contributed by atoms with Crippen molar-refractivity contribution in [2.24, 2.45) is 10.9 Å². The summed E-state index contributed by atoms with van der Waals surface area (Å²) in [5.41, 5.74) is 12.5. The SMILES string of the molecule is NC(=NO)C(c1ccccc1)c1ccc(NC(=O)C2C=C(c3cccnc3)NO2)cc1. The first-order chi connectivity index (χ1) is 15.2. The van der Waals surface area contributed by atoms with Crippen molar-refractivity contribution in [3.63, 3.8) is 0 Å². The van der Waals surface area contributed by atoms with E-state index in [1.54, 1.807) is 30.6 Å². The van der Waals surface area contributed by atoms with Crippen molar-refractivity contribution in [3.05, 3.63) is 102 Å². The summed E-state index contributed by atoms with van der Waals surface area (Å²) in [4.78, 5) is 22.0. The van der Waals surface area contributed by atoms with E-state index >= 15 is 0 Å². The Morgan fingerprint density at radius 2 is 1.84 bits per heavy atom. The fourth-order valence-electron chi connectivity index (χ4n) is 3.36. The van der Waals surface area contributed by atoms with E-state index in [0.717, 1.165) is 16.7 Å². The maximum Gasteiger partial charge on any atom is 0.260 e. The highest BCUT2D eigenvalue weighted by atomic mass is 16.7. The second-order valence-electron chi connectivity index (χ2n) is 6.94. The minimum absolute atomic E-state index is 0.0847. The summed E-state index contributed by atoms with van der Waals surface area (Å²) in [6.45, 7) is 0. The van der Waals surface area contributed by atoms with Gasteiger partial charge in [-0.3, -0.25) is 20.1 Å². The Morgan fingerprint density at radius 1 is 1.10 bits per heavy atom. The quantitative estimate of drug-likeness (QED) is 0.213. The van der Waals surface area contributed by atoms with Crippen LogP contribution in [0.3, 0.4) is 0 Å². The van der Waals surface area contributed by atoms with E-state index in [2.05, 4.69) is 20.9 Å². The van der Waals surface area contributed by atoms with Gasteiger partial charge in [0.2, 0.25) is 0 Å². The second kappa shape index (κ2) is 9.10. The third-order valence-electron chi connectivity index (χ3n) is 4.90. The Bertz CT molecular complexity index is 1100. The molecule has 0 radical (unpaired) electrons. The van der Waals surface area contributed by atoms with Crippen molar-refractivity contribution in [2.45, 2.75) is 12.0 Å². The maximum atomic E-state index is 12.6. The van der Waals surface area contributed by atoms with Crippen LogP contribution in [0.1, 0.15) is 22.6 Å². The average molecular weight is 415 g/mol. The molecule has 2 atom stereocenters. The number of hydroxylamine groups is 1. The smallest absolute Gasteiger partial charge is 0.260 e. The average Bonchev–Trinajstić information content (AvgIpc) is 3.32. The molecule has 2 aromatic carbocycles. The molecule has 8 heteroatoms. The number of nitrogens with zero attached hydrogens (tertiary/aromatic N) is 2. The van der Waals surface area contributed by atoms with Gasteiger partial charge in [-0.05, 0) is 41.5 Å². The third-order valence-corrected chi connectivity index (χ3v) is 4.90. The van der Waals surface area contributed by atoms with Crippen molar-refractivity contribution in [1.82, 2.24) is 10.5 Å². The monoisotopic (exact) mass is 415 g/mol. The Kier molecular flexibility index (Phi) is 5.91. The van der Waals surface area contributed by atoms with Crippen LogP contribution < -0.4 is 16.5 Å². The number of benzene rings is 2. The number of anilines is 1. The molecule has 3 aromatic rings. The van der Waals surface area contributed by atoms with Gasteiger partial charge in [-0.15, -0.1) is 0 Å². The minimum Gasteiger partial charge on any atom is -0.409 e. The fraction of sp³-hybridized carbons (Fsp3) is 0.0870. The van der Waals surface area contributed by atoms with Gasteiger partial charge in [-0.1, -0.05) is 47.6 Å². The van der Waals surface area contributed by atoms with E-state index in [-0.39, 0.29) is 11.7 Å². The number of aromatic nitrogens is 1. The van der Waals surface area contributed by atoms with Crippen LogP contribution in [0.25, 0.3) is 5.70 Å². The first kappa shape index (κ1) is 20.1. The molecule has 0 saturated heterocycles. The van der Waals surface area contributed by atoms with Crippen LogP contribution in [-0.4, -0.2) is 28.0 Å². The summed E-state index contributed by atoms with van der Waals surface area (Å²) in [5, 5.41) is 15.2. The predicted octanol–water partition coefficient (Wildman–Crippen LogP) is 2.84. The molecule has 4 rings (SSSR count). The zero-order valence-corrected chi connectivity index (χ0v) is 16.5. The molecule has 1 aromatic heterocycles. The lowest BCUT2D eigenvalue weighted by Gasteiger charge is -2.17. The molecule has 2 heterocycles. The predicted molar refractivity (Wildman–Crippen MR) is 117 cm³/mol. The molecular weight excluding hydrogens is 394 g/mol. The Labute approximate surface area is 179 Å². The van der Waals surface area contributed by atoms with Gasteiger partial charge in [0.1, 0.15) is 0 Å². The molecular formula is C23H21N5O3. The van der Waals surface area contributed by atoms with Crippen molar-refractivity contribution in [2.75, 3.05) is 5.32 Å². The van der Waals surface area contributed by atoms with E-state index in [1.807, 2.05) is 54.6 Å². The zero-order valence-electron chi connectivity index (χ0n) is 16.5. The van der Waals surface area contributed by atoms with Crippen LogP contribution in [0.5, 0.6) is 0 Å². The summed E-state index contributed by atoms with van der Waals surface area (Å²) >= 11 is 0. The standard InChI is InChI=1S/C23H21N5O3/c24-22(27-30)21(15-5-2-1-3-6-15)16-8-10-18(11-9-16)26-23(29)20-13-19(28-31-20)17-7-4-12-25-14-17/h1-14,20-21,28,30H,(H2,24,27)(H,26,29). The summed E-state index contributed by atoms with van der Waals surface area (Å²) in [5.74, 6) is -0.625. The van der Waals surface area contributed by atoms with Crippen molar-refractivity contribution in [3.8, 4) is 0 Å². The molecule has 8 nitrogen and oxygen atoms in total. The number of pyridine rings is 1. The number of amidine groups is 1. The zero-order chi connectivity index (χ0) is 21.6. The fourth-order valence-corrected chi connectivity index (χ4v) is 3.36. The molecule has 0 saturated carbocycles. The first-order valence-electron chi connectivity index (χ1n) is 9.63. The highest BCUT2D eigenvalue weighted by Crippen LogP contribution is 2.26. The van der Waals surface area contributed by atoms with Crippen LogP contribution in [-0.2, 0) is 9.63 Å². The molecule has 1 aliphatic rings. The Balaban J connectivity index is 1.47. The molecule has 0 bridgehead atoms. The van der Waals surface area contributed by atoms with Gasteiger partial charge < -0.3 is 16.3 Å². The molecule has 2 unspecified atom stereocenters. The number of oxime groups is 1. The lowest BCUT2D eigenvalue weighted by atomic mass is 9.90. The van der Waals surface area contributed by atoms with Crippen LogP contribution >= 0.6 is 0 Å². The lowest BCUT2D eigenvalue weighted by Crippen LogP contribution is -2.28. The number of amides is 1. The number of rotatable bonds is 6. The number of hydrogen-bond acceptors (Lipinski definition) is 6. The normalized spacial score (nSPS) is 16.8. The van der Waals surface area contributed by atoms with E-state index in [9.17, 15) is 10.0 Å². The largest absolute Gasteiger partial charge is 0.409 e. The van der Waals surface area contributed by atoms with Gasteiger partial charge in [0.15, 0.2) is 11.9 Å². The first-order valence-corrected chi connectivity index (χ1v) is 9.63. The summed E-state index contributed by atoms with van der Waals surface area (Å²) in [6, 6.07) is 20.4. The van der Waals surface area contributed by atoms with E-state index in [0.29, 0.717) is 11.4 Å². The van der Waals surface area contributed by atoms with Gasteiger partial charge in [-0.2, -0.15) is 0 Å². The Morgan fingerprint density at radius 3 is 2.52 bits per heavy atom. The van der Waals surface area contributed by atoms with Crippen molar-refractivity contribution >= 4 is 23.1 Å². The highest BCUT2D eigenvalue weighted by Gasteiger charge is 2.25. The van der Waals surface area contributed by atoms with Crippen LogP contribution in [0.15, 0.2) is 90.4 Å². The lowest BCUT2D eigenvalue weighted by molar-refractivity contribution is -0.125. The van der Waals surface area contributed by atoms with Gasteiger partial charge in [0, 0.05) is 23.6 Å².